The second kappa shape index (κ2) is 3.37. The number of fused-ring (bicyclic) bond motifs is 1. The monoisotopic (exact) mass is 191 g/mol. The molecule has 0 atom stereocenters. The van der Waals surface area contributed by atoms with Crippen LogP contribution in [0, 0.1) is 0 Å². The van der Waals surface area contributed by atoms with Gasteiger partial charge < -0.3 is 9.72 Å². The number of aromatic nitrogens is 1. The number of benzene rings is 1. The normalized spacial score (nSPS) is 11.1. The molecule has 0 fully saturated rings. The molecule has 0 unspecified atom stereocenters. The zero-order valence-corrected chi connectivity index (χ0v) is 8.79. The number of nitrogens with one attached hydrogen (secondary N) is 1. The van der Waals surface area contributed by atoms with Crippen molar-refractivity contribution in [3.05, 3.63) is 30.0 Å². The van der Waals surface area contributed by atoms with Gasteiger partial charge in [-0.2, -0.15) is 0 Å². The van der Waals surface area contributed by atoms with Crippen molar-refractivity contribution in [2.75, 3.05) is 7.11 Å². The molecule has 2 nitrogen and oxygen atoms in total. The van der Waals surface area contributed by atoms with Gasteiger partial charge in [-0.15, -0.1) is 0 Å². The quantitative estimate of drug-likeness (QED) is 0.771. The van der Waals surface area contributed by atoms with E-state index in [9.17, 15) is 0 Å². The standard InChI is InChI=1S/C12H15NO.H2/c1-8(2)11-7-13-12-5-4-9(14-3)6-10(11)12;/h4-8,13H,1-3H3;1H. The summed E-state index contributed by atoms with van der Waals surface area (Å²) in [6, 6.07) is 6.12. The van der Waals surface area contributed by atoms with Gasteiger partial charge in [-0.3, -0.25) is 0 Å². The van der Waals surface area contributed by atoms with E-state index in [1.165, 1.54) is 16.5 Å². The van der Waals surface area contributed by atoms with E-state index in [0.717, 1.165) is 5.75 Å². The van der Waals surface area contributed by atoms with Gasteiger partial charge in [0.1, 0.15) is 5.75 Å². The molecule has 0 radical (unpaired) electrons. The van der Waals surface area contributed by atoms with E-state index in [2.05, 4.69) is 37.2 Å². The Kier molecular flexibility index (Phi) is 2.20. The van der Waals surface area contributed by atoms with Crippen molar-refractivity contribution in [3.8, 4) is 5.75 Å². The average Bonchev–Trinajstić information content (AvgIpc) is 2.59. The second-order valence-corrected chi connectivity index (χ2v) is 3.81. The Labute approximate surface area is 85.4 Å². The third-order valence-corrected chi connectivity index (χ3v) is 2.54. The Bertz CT molecular complexity index is 448. The van der Waals surface area contributed by atoms with E-state index < -0.39 is 0 Å². The summed E-state index contributed by atoms with van der Waals surface area (Å²) in [5, 5.41) is 1.26. The Hall–Kier alpha value is -1.44. The van der Waals surface area contributed by atoms with Crippen LogP contribution in [0.1, 0.15) is 26.8 Å². The van der Waals surface area contributed by atoms with Gasteiger partial charge in [0, 0.05) is 18.5 Å². The minimum absolute atomic E-state index is 0. The van der Waals surface area contributed by atoms with Crippen LogP contribution >= 0.6 is 0 Å². The third-order valence-electron chi connectivity index (χ3n) is 2.54. The molecule has 0 spiro atoms. The summed E-state index contributed by atoms with van der Waals surface area (Å²) in [5.41, 5.74) is 2.52. The smallest absolute Gasteiger partial charge is 0.119 e. The molecule has 0 aliphatic rings. The number of methoxy groups -OCH3 is 1. The molecule has 14 heavy (non-hydrogen) atoms. The number of H-pyrrole nitrogens is 1. The number of rotatable bonds is 2. The van der Waals surface area contributed by atoms with Gasteiger partial charge in [-0.1, -0.05) is 13.8 Å². The third kappa shape index (κ3) is 1.37. The van der Waals surface area contributed by atoms with Crippen LogP contribution in [-0.4, -0.2) is 12.1 Å². The van der Waals surface area contributed by atoms with Gasteiger partial charge in [0.05, 0.1) is 7.11 Å². The van der Waals surface area contributed by atoms with Crippen molar-refractivity contribution < 1.29 is 6.16 Å². The molecule has 0 aliphatic carbocycles. The molecule has 76 valence electrons. The summed E-state index contributed by atoms with van der Waals surface area (Å²) >= 11 is 0. The molecule has 2 rings (SSSR count). The molecule has 1 N–H and O–H groups in total. The minimum atomic E-state index is 0. The molecule has 1 aromatic heterocycles. The van der Waals surface area contributed by atoms with E-state index in [-0.39, 0.29) is 1.43 Å². The molecule has 0 saturated heterocycles. The van der Waals surface area contributed by atoms with Gasteiger partial charge in [0.2, 0.25) is 0 Å². The minimum Gasteiger partial charge on any atom is -0.497 e. The first-order valence-electron chi connectivity index (χ1n) is 4.87. The zero-order valence-electron chi connectivity index (χ0n) is 8.79. The first-order chi connectivity index (χ1) is 6.72. The predicted molar refractivity (Wildman–Crippen MR) is 61.1 cm³/mol. The van der Waals surface area contributed by atoms with Crippen molar-refractivity contribution in [3.63, 3.8) is 0 Å². The second-order valence-electron chi connectivity index (χ2n) is 3.81. The maximum atomic E-state index is 5.21. The highest BCUT2D eigenvalue weighted by atomic mass is 16.5. The maximum absolute atomic E-state index is 5.21. The topological polar surface area (TPSA) is 25.0 Å². The summed E-state index contributed by atoms with van der Waals surface area (Å²) in [6.45, 7) is 4.39. The van der Waals surface area contributed by atoms with Crippen LogP contribution in [0.3, 0.4) is 0 Å². The lowest BCUT2D eigenvalue weighted by Gasteiger charge is -2.03. The molecule has 2 heteroatoms. The Morgan fingerprint density at radius 1 is 1.36 bits per heavy atom. The van der Waals surface area contributed by atoms with E-state index in [0.29, 0.717) is 5.92 Å². The Balaban J connectivity index is 0.00000112. The zero-order chi connectivity index (χ0) is 10.1. The van der Waals surface area contributed by atoms with Crippen LogP contribution in [0.5, 0.6) is 5.75 Å². The molecule has 2 aromatic rings. The van der Waals surface area contributed by atoms with Crippen molar-refractivity contribution in [1.82, 2.24) is 4.98 Å². The highest BCUT2D eigenvalue weighted by Gasteiger charge is 2.07. The SMILES string of the molecule is COc1ccc2[nH]cc(C(C)C)c2c1.[HH]. The molecule has 0 bridgehead atoms. The van der Waals surface area contributed by atoms with Gasteiger partial charge in [-0.25, -0.2) is 0 Å². The number of hydrogen-bond donors (Lipinski definition) is 1. The lowest BCUT2D eigenvalue weighted by molar-refractivity contribution is 0.415. The van der Waals surface area contributed by atoms with Crippen molar-refractivity contribution >= 4 is 10.9 Å². The molecule has 0 aliphatic heterocycles. The summed E-state index contributed by atoms with van der Waals surface area (Å²) in [4.78, 5) is 3.27. The molecular formula is C12H17NO. The molecule has 0 saturated carbocycles. The van der Waals surface area contributed by atoms with Gasteiger partial charge in [-0.05, 0) is 29.7 Å². The maximum Gasteiger partial charge on any atom is 0.119 e. The number of ether oxygens (including phenoxy) is 1. The van der Waals surface area contributed by atoms with Crippen LogP contribution in [0.2, 0.25) is 0 Å². The lowest BCUT2D eigenvalue weighted by atomic mass is 10.0. The first kappa shape index (κ1) is 9.13. The summed E-state index contributed by atoms with van der Waals surface area (Å²) < 4.78 is 5.21. The molecule has 0 amide bonds. The van der Waals surface area contributed by atoms with Crippen LogP contribution in [-0.2, 0) is 0 Å². The fourth-order valence-corrected chi connectivity index (χ4v) is 1.73. The Morgan fingerprint density at radius 2 is 2.14 bits per heavy atom. The highest BCUT2D eigenvalue weighted by Crippen LogP contribution is 2.28. The largest absolute Gasteiger partial charge is 0.497 e. The summed E-state index contributed by atoms with van der Waals surface area (Å²) in [6.07, 6.45) is 2.08. The number of aromatic amines is 1. The molecule has 1 aromatic carbocycles. The highest BCUT2D eigenvalue weighted by molar-refractivity contribution is 5.85. The van der Waals surface area contributed by atoms with E-state index in [4.69, 9.17) is 4.74 Å². The van der Waals surface area contributed by atoms with Crippen molar-refractivity contribution in [2.45, 2.75) is 19.8 Å². The van der Waals surface area contributed by atoms with E-state index in [1.54, 1.807) is 7.11 Å². The van der Waals surface area contributed by atoms with Crippen molar-refractivity contribution in [2.24, 2.45) is 0 Å². The molecule has 1 heterocycles. The van der Waals surface area contributed by atoms with E-state index >= 15 is 0 Å². The van der Waals surface area contributed by atoms with Gasteiger partial charge >= 0.3 is 0 Å². The van der Waals surface area contributed by atoms with E-state index in [1.807, 2.05) is 6.07 Å². The van der Waals surface area contributed by atoms with Crippen molar-refractivity contribution in [1.29, 1.82) is 0 Å². The van der Waals surface area contributed by atoms with Crippen LogP contribution in [0.25, 0.3) is 10.9 Å². The van der Waals surface area contributed by atoms with Crippen LogP contribution in [0.15, 0.2) is 24.4 Å². The fourth-order valence-electron chi connectivity index (χ4n) is 1.73. The van der Waals surface area contributed by atoms with Gasteiger partial charge in [0.25, 0.3) is 0 Å². The lowest BCUT2D eigenvalue weighted by Crippen LogP contribution is -1.85. The number of hydrogen-bond acceptors (Lipinski definition) is 1. The molecular weight excluding hydrogens is 174 g/mol. The average molecular weight is 191 g/mol. The summed E-state index contributed by atoms with van der Waals surface area (Å²) in [7, 11) is 1.70. The van der Waals surface area contributed by atoms with Gasteiger partial charge in [0.15, 0.2) is 0 Å². The Morgan fingerprint density at radius 3 is 2.79 bits per heavy atom. The first-order valence-corrected chi connectivity index (χ1v) is 4.87. The van der Waals surface area contributed by atoms with Crippen LogP contribution in [0.4, 0.5) is 0 Å². The van der Waals surface area contributed by atoms with Crippen LogP contribution < -0.4 is 4.74 Å². The summed E-state index contributed by atoms with van der Waals surface area (Å²) in [5.74, 6) is 1.45. The fraction of sp³-hybridized carbons (Fsp3) is 0.333. The predicted octanol–water partition coefficient (Wildman–Crippen LogP) is 3.55.